The van der Waals surface area contributed by atoms with Crippen LogP contribution in [0.25, 0.3) is 0 Å². The van der Waals surface area contributed by atoms with E-state index >= 15 is 0 Å². The first-order valence-corrected chi connectivity index (χ1v) is 11.6. The number of guanidine groups is 1. The summed E-state index contributed by atoms with van der Waals surface area (Å²) in [4.78, 5) is 62.7. The average molecular weight is 503 g/mol. The topological polar surface area (TPSA) is 213 Å². The van der Waals surface area contributed by atoms with Crippen molar-refractivity contribution in [1.82, 2.24) is 20.9 Å². The lowest BCUT2D eigenvalue weighted by atomic mass is 10.0. The highest BCUT2D eigenvalue weighted by Crippen LogP contribution is 2.23. The van der Waals surface area contributed by atoms with E-state index in [1.807, 2.05) is 0 Å². The molecule has 1 aromatic carbocycles. The number of hydrogen-bond acceptors (Lipinski definition) is 6. The van der Waals surface area contributed by atoms with Crippen molar-refractivity contribution in [2.75, 3.05) is 25.0 Å². The van der Waals surface area contributed by atoms with Gasteiger partial charge in [-0.15, -0.1) is 0 Å². The van der Waals surface area contributed by atoms with E-state index in [1.165, 1.54) is 11.8 Å². The fourth-order valence-corrected chi connectivity index (χ4v) is 3.92. The van der Waals surface area contributed by atoms with E-state index in [2.05, 4.69) is 21.3 Å². The SMILES string of the molecule is CC(=O)NCC(=O)N1CCC[C@H]1C(=O)Nc1cccc(C(=O)N[C@@H](CCCNC(=N)N)C(N)=O)c1C. The summed E-state index contributed by atoms with van der Waals surface area (Å²) in [5.74, 6) is -2.48. The molecule has 2 atom stereocenters. The number of carbonyl (C=O) groups excluding carboxylic acids is 5. The Bertz CT molecular complexity index is 1030. The van der Waals surface area contributed by atoms with Crippen molar-refractivity contribution in [2.45, 2.75) is 51.6 Å². The van der Waals surface area contributed by atoms with E-state index in [-0.39, 0.29) is 36.3 Å². The van der Waals surface area contributed by atoms with Crippen molar-refractivity contribution < 1.29 is 24.0 Å². The number of nitrogens with one attached hydrogen (secondary N) is 5. The lowest BCUT2D eigenvalue weighted by molar-refractivity contribution is -0.136. The number of primary amides is 1. The molecule has 0 unspecified atom stereocenters. The van der Waals surface area contributed by atoms with Crippen LogP contribution in [0, 0.1) is 12.3 Å². The molecule has 1 heterocycles. The third-order valence-electron chi connectivity index (χ3n) is 5.83. The van der Waals surface area contributed by atoms with Crippen LogP contribution >= 0.6 is 0 Å². The Morgan fingerprint density at radius 1 is 1.17 bits per heavy atom. The van der Waals surface area contributed by atoms with Gasteiger partial charge in [-0.3, -0.25) is 29.4 Å². The van der Waals surface area contributed by atoms with Crippen molar-refractivity contribution in [3.05, 3.63) is 29.3 Å². The summed E-state index contributed by atoms with van der Waals surface area (Å²) in [6, 6.07) is 3.19. The Hall–Kier alpha value is -4.16. The van der Waals surface area contributed by atoms with Crippen LogP contribution in [0.1, 0.15) is 48.5 Å². The number of rotatable bonds is 11. The predicted octanol–water partition coefficient (Wildman–Crippen LogP) is -1.09. The van der Waals surface area contributed by atoms with E-state index in [0.717, 1.165) is 0 Å². The van der Waals surface area contributed by atoms with Gasteiger partial charge in [-0.1, -0.05) is 6.07 Å². The maximum atomic E-state index is 13.0. The number of benzene rings is 1. The second kappa shape index (κ2) is 13.1. The van der Waals surface area contributed by atoms with Gasteiger partial charge in [0.15, 0.2) is 5.96 Å². The summed E-state index contributed by atoms with van der Waals surface area (Å²) >= 11 is 0. The van der Waals surface area contributed by atoms with Gasteiger partial charge in [0.1, 0.15) is 12.1 Å². The Morgan fingerprint density at radius 3 is 2.53 bits per heavy atom. The van der Waals surface area contributed by atoms with Gasteiger partial charge in [0.25, 0.3) is 5.91 Å². The molecule has 0 bridgehead atoms. The van der Waals surface area contributed by atoms with Crippen molar-refractivity contribution >= 4 is 41.2 Å². The maximum absolute atomic E-state index is 13.0. The quantitative estimate of drug-likeness (QED) is 0.113. The van der Waals surface area contributed by atoms with E-state index in [0.29, 0.717) is 43.6 Å². The minimum atomic E-state index is -0.925. The number of carbonyl (C=O) groups is 5. The number of nitrogens with zero attached hydrogens (tertiary/aromatic N) is 1. The number of nitrogens with two attached hydrogens (primary N) is 2. The molecule has 0 radical (unpaired) electrons. The zero-order valence-corrected chi connectivity index (χ0v) is 20.5. The van der Waals surface area contributed by atoms with Crippen LogP contribution in [-0.4, -0.2) is 72.1 Å². The molecule has 0 spiro atoms. The third-order valence-corrected chi connectivity index (χ3v) is 5.83. The zero-order chi connectivity index (χ0) is 26.8. The number of anilines is 1. The summed E-state index contributed by atoms with van der Waals surface area (Å²) in [5, 5.41) is 17.6. The molecule has 9 N–H and O–H groups in total. The van der Waals surface area contributed by atoms with Crippen molar-refractivity contribution in [3.8, 4) is 0 Å². The predicted molar refractivity (Wildman–Crippen MR) is 133 cm³/mol. The van der Waals surface area contributed by atoms with E-state index in [9.17, 15) is 24.0 Å². The molecule has 1 fully saturated rings. The minimum Gasteiger partial charge on any atom is -0.370 e. The second-order valence-corrected chi connectivity index (χ2v) is 8.53. The van der Waals surface area contributed by atoms with Crippen LogP contribution in [0.15, 0.2) is 18.2 Å². The fraction of sp³-hybridized carbons (Fsp3) is 0.478. The van der Waals surface area contributed by atoms with Gasteiger partial charge in [-0.05, 0) is 50.3 Å². The minimum absolute atomic E-state index is 0.181. The molecule has 36 heavy (non-hydrogen) atoms. The fourth-order valence-electron chi connectivity index (χ4n) is 3.92. The molecule has 13 heteroatoms. The van der Waals surface area contributed by atoms with E-state index in [1.54, 1.807) is 25.1 Å². The smallest absolute Gasteiger partial charge is 0.252 e. The van der Waals surface area contributed by atoms with Crippen LogP contribution in [0.4, 0.5) is 5.69 Å². The summed E-state index contributed by atoms with van der Waals surface area (Å²) < 4.78 is 0. The molecule has 1 aliphatic rings. The first kappa shape index (κ1) is 28.1. The average Bonchev–Trinajstić information content (AvgIpc) is 3.30. The van der Waals surface area contributed by atoms with Crippen molar-refractivity contribution in [2.24, 2.45) is 11.5 Å². The molecule has 2 rings (SSSR count). The number of hydrogen-bond donors (Lipinski definition) is 7. The van der Waals surface area contributed by atoms with Crippen LogP contribution in [0.5, 0.6) is 0 Å². The monoisotopic (exact) mass is 502 g/mol. The molecule has 1 aliphatic heterocycles. The largest absolute Gasteiger partial charge is 0.370 e. The number of likely N-dealkylation sites (tertiary alicyclic amines) is 1. The van der Waals surface area contributed by atoms with Gasteiger partial charge in [-0.2, -0.15) is 0 Å². The molecule has 0 saturated carbocycles. The molecule has 1 saturated heterocycles. The first-order valence-electron chi connectivity index (χ1n) is 11.6. The zero-order valence-electron chi connectivity index (χ0n) is 20.5. The molecule has 0 aliphatic carbocycles. The molecular formula is C23H34N8O5. The number of amides is 5. The van der Waals surface area contributed by atoms with Gasteiger partial charge in [0, 0.05) is 31.3 Å². The standard InChI is InChI=1S/C23H34N8O5/c1-13-15(21(35)30-17(20(24)34)8-4-10-27-23(25)26)6-3-7-16(13)29-22(36)18-9-5-11-31(18)19(33)12-28-14(2)32/h3,6-7,17-18H,4-5,8-12H2,1-2H3,(H2,24,34)(H,28,32)(H,29,36)(H,30,35)(H4,25,26,27)/t17-,18-/m0/s1. The van der Waals surface area contributed by atoms with Gasteiger partial charge < -0.3 is 37.6 Å². The second-order valence-electron chi connectivity index (χ2n) is 8.53. The highest BCUT2D eigenvalue weighted by molar-refractivity contribution is 6.02. The van der Waals surface area contributed by atoms with Gasteiger partial charge in [0.2, 0.25) is 23.6 Å². The van der Waals surface area contributed by atoms with Crippen molar-refractivity contribution in [1.29, 1.82) is 5.41 Å². The highest BCUT2D eigenvalue weighted by atomic mass is 16.2. The third kappa shape index (κ3) is 7.96. The Balaban J connectivity index is 2.06. The van der Waals surface area contributed by atoms with Gasteiger partial charge >= 0.3 is 0 Å². The molecule has 196 valence electrons. The lowest BCUT2D eigenvalue weighted by Gasteiger charge is -2.24. The first-order chi connectivity index (χ1) is 17.0. The van der Waals surface area contributed by atoms with E-state index in [4.69, 9.17) is 16.9 Å². The summed E-state index contributed by atoms with van der Waals surface area (Å²) in [6.45, 7) is 3.55. The van der Waals surface area contributed by atoms with Crippen LogP contribution in [-0.2, 0) is 19.2 Å². The van der Waals surface area contributed by atoms with Gasteiger partial charge in [-0.25, -0.2) is 0 Å². The molecular weight excluding hydrogens is 468 g/mol. The molecule has 13 nitrogen and oxygen atoms in total. The molecule has 0 aromatic heterocycles. The lowest BCUT2D eigenvalue weighted by Crippen LogP contribution is -2.47. The Labute approximate surface area is 209 Å². The Morgan fingerprint density at radius 2 is 1.89 bits per heavy atom. The highest BCUT2D eigenvalue weighted by Gasteiger charge is 2.34. The van der Waals surface area contributed by atoms with Crippen molar-refractivity contribution in [3.63, 3.8) is 0 Å². The maximum Gasteiger partial charge on any atom is 0.252 e. The van der Waals surface area contributed by atoms with Crippen LogP contribution < -0.4 is 32.7 Å². The Kier molecular flexibility index (Phi) is 10.2. The van der Waals surface area contributed by atoms with Crippen LogP contribution in [0.3, 0.4) is 0 Å². The van der Waals surface area contributed by atoms with Crippen LogP contribution in [0.2, 0.25) is 0 Å². The summed E-state index contributed by atoms with van der Waals surface area (Å²) in [7, 11) is 0. The van der Waals surface area contributed by atoms with Gasteiger partial charge in [0.05, 0.1) is 6.54 Å². The summed E-state index contributed by atoms with van der Waals surface area (Å²) in [5.41, 5.74) is 11.8. The molecule has 5 amide bonds. The van der Waals surface area contributed by atoms with E-state index < -0.39 is 29.8 Å². The summed E-state index contributed by atoms with van der Waals surface area (Å²) in [6.07, 6.45) is 1.83. The molecule has 1 aromatic rings. The normalized spacial score (nSPS) is 15.5.